The minimum Gasteiger partial charge on any atom is -0.272 e. The number of carbonyl (C=O) groups is 1. The summed E-state index contributed by atoms with van der Waals surface area (Å²) in [5.41, 5.74) is 7.80. The predicted octanol–water partition coefficient (Wildman–Crippen LogP) is 6.44. The van der Waals surface area contributed by atoms with E-state index in [0.717, 1.165) is 22.4 Å². The van der Waals surface area contributed by atoms with Crippen molar-refractivity contribution in [3.63, 3.8) is 0 Å². The second kappa shape index (κ2) is 11.1. The molecule has 184 valence electrons. The average molecular weight is 518 g/mol. The minimum absolute atomic E-state index is 0.0903. The van der Waals surface area contributed by atoms with E-state index in [1.807, 2.05) is 72.2 Å². The maximum Gasteiger partial charge on any atom is 0.250 e. The van der Waals surface area contributed by atoms with Gasteiger partial charge in [0.05, 0.1) is 12.0 Å². The Hall–Kier alpha value is -3.42. The highest BCUT2D eigenvalue weighted by molar-refractivity contribution is 7.99. The number of aromatic nitrogens is 3. The van der Waals surface area contributed by atoms with Crippen LogP contribution in [0.25, 0.3) is 17.1 Å². The van der Waals surface area contributed by atoms with Crippen LogP contribution in [0.4, 0.5) is 0 Å². The summed E-state index contributed by atoms with van der Waals surface area (Å²) in [7, 11) is 0. The molecule has 4 aromatic rings. The smallest absolute Gasteiger partial charge is 0.250 e. The fourth-order valence-corrected chi connectivity index (χ4v) is 4.36. The molecule has 1 aromatic heterocycles. The number of halogens is 1. The molecular weight excluding hydrogens is 490 g/mol. The number of nitrogens with zero attached hydrogens (tertiary/aromatic N) is 4. The topological polar surface area (TPSA) is 72.2 Å². The lowest BCUT2D eigenvalue weighted by molar-refractivity contribution is -0.118. The van der Waals surface area contributed by atoms with E-state index in [1.54, 1.807) is 6.21 Å². The number of thioether (sulfide) groups is 1. The predicted molar refractivity (Wildman–Crippen MR) is 148 cm³/mol. The Morgan fingerprint density at radius 3 is 2.31 bits per heavy atom. The third-order valence-corrected chi connectivity index (χ3v) is 6.72. The highest BCUT2D eigenvalue weighted by atomic mass is 35.5. The molecule has 1 heterocycles. The third kappa shape index (κ3) is 6.42. The molecule has 36 heavy (non-hydrogen) atoms. The molecule has 0 bridgehead atoms. The van der Waals surface area contributed by atoms with Gasteiger partial charge in [0.1, 0.15) is 0 Å². The van der Waals surface area contributed by atoms with Crippen molar-refractivity contribution >= 4 is 35.5 Å². The van der Waals surface area contributed by atoms with Crippen molar-refractivity contribution in [3.05, 3.63) is 94.5 Å². The van der Waals surface area contributed by atoms with Crippen molar-refractivity contribution in [2.45, 2.75) is 38.3 Å². The zero-order valence-corrected chi connectivity index (χ0v) is 22.3. The lowest BCUT2D eigenvalue weighted by Crippen LogP contribution is -2.20. The van der Waals surface area contributed by atoms with Crippen LogP contribution in [-0.4, -0.2) is 32.6 Å². The first kappa shape index (κ1) is 25.7. The second-order valence-electron chi connectivity index (χ2n) is 9.44. The van der Waals surface area contributed by atoms with Gasteiger partial charge in [-0.2, -0.15) is 5.10 Å². The molecule has 0 aliphatic rings. The quantitative estimate of drug-likeness (QED) is 0.174. The van der Waals surface area contributed by atoms with Crippen LogP contribution in [0.2, 0.25) is 5.02 Å². The van der Waals surface area contributed by atoms with Crippen LogP contribution in [0.1, 0.15) is 37.5 Å². The molecule has 0 radical (unpaired) electrons. The fourth-order valence-electron chi connectivity index (χ4n) is 3.49. The van der Waals surface area contributed by atoms with Crippen LogP contribution in [-0.2, 0) is 10.2 Å². The third-order valence-electron chi connectivity index (χ3n) is 5.54. The van der Waals surface area contributed by atoms with E-state index in [1.165, 1.54) is 17.3 Å². The Morgan fingerprint density at radius 1 is 1.00 bits per heavy atom. The number of rotatable bonds is 7. The van der Waals surface area contributed by atoms with E-state index in [4.69, 9.17) is 11.6 Å². The molecule has 0 atom stereocenters. The largest absolute Gasteiger partial charge is 0.272 e. The number of hydrogen-bond donors (Lipinski definition) is 1. The van der Waals surface area contributed by atoms with Gasteiger partial charge in [-0.05, 0) is 47.7 Å². The first-order valence-electron chi connectivity index (χ1n) is 11.5. The maximum atomic E-state index is 12.5. The van der Waals surface area contributed by atoms with Crippen molar-refractivity contribution in [2.75, 3.05) is 5.75 Å². The SMILES string of the molecule is Cc1ccc(-c2nnc(SCC(=O)NN=Cc3ccc(C(C)(C)C)cc3)n2-c2ccc(Cl)cc2)cc1. The van der Waals surface area contributed by atoms with Gasteiger partial charge in [0.15, 0.2) is 11.0 Å². The zero-order chi connectivity index (χ0) is 25.7. The van der Waals surface area contributed by atoms with E-state index < -0.39 is 0 Å². The first-order chi connectivity index (χ1) is 17.2. The number of nitrogens with one attached hydrogen (secondary N) is 1. The lowest BCUT2D eigenvalue weighted by atomic mass is 9.87. The van der Waals surface area contributed by atoms with Gasteiger partial charge in [-0.1, -0.05) is 98.2 Å². The van der Waals surface area contributed by atoms with Gasteiger partial charge in [0, 0.05) is 16.3 Å². The van der Waals surface area contributed by atoms with Gasteiger partial charge in [0.25, 0.3) is 5.91 Å². The van der Waals surface area contributed by atoms with Crippen LogP contribution in [0.3, 0.4) is 0 Å². The van der Waals surface area contributed by atoms with Crippen LogP contribution in [0.5, 0.6) is 0 Å². The molecule has 1 N–H and O–H groups in total. The molecule has 0 fully saturated rings. The summed E-state index contributed by atoms with van der Waals surface area (Å²) in [4.78, 5) is 12.5. The molecule has 6 nitrogen and oxygen atoms in total. The molecule has 1 amide bonds. The van der Waals surface area contributed by atoms with Gasteiger partial charge in [-0.25, -0.2) is 5.43 Å². The molecule has 0 unspecified atom stereocenters. The van der Waals surface area contributed by atoms with E-state index in [0.29, 0.717) is 16.0 Å². The Balaban J connectivity index is 1.46. The van der Waals surface area contributed by atoms with Crippen LogP contribution < -0.4 is 5.43 Å². The Kier molecular flexibility index (Phi) is 7.91. The number of benzene rings is 3. The Labute approximate surface area is 220 Å². The van der Waals surface area contributed by atoms with Gasteiger partial charge >= 0.3 is 0 Å². The summed E-state index contributed by atoms with van der Waals surface area (Å²) >= 11 is 7.39. The summed E-state index contributed by atoms with van der Waals surface area (Å²) in [5, 5.41) is 14.1. The van der Waals surface area contributed by atoms with Gasteiger partial charge < -0.3 is 0 Å². The molecule has 0 aliphatic carbocycles. The van der Waals surface area contributed by atoms with E-state index in [-0.39, 0.29) is 17.1 Å². The maximum absolute atomic E-state index is 12.5. The van der Waals surface area contributed by atoms with Gasteiger partial charge in [-0.3, -0.25) is 9.36 Å². The average Bonchev–Trinajstić information content (AvgIpc) is 3.27. The summed E-state index contributed by atoms with van der Waals surface area (Å²) in [6, 6.07) is 23.7. The van der Waals surface area contributed by atoms with E-state index in [2.05, 4.69) is 53.6 Å². The number of hydrazone groups is 1. The summed E-state index contributed by atoms with van der Waals surface area (Å²) in [5.74, 6) is 0.599. The zero-order valence-electron chi connectivity index (χ0n) is 20.7. The highest BCUT2D eigenvalue weighted by Crippen LogP contribution is 2.29. The monoisotopic (exact) mass is 517 g/mol. The van der Waals surface area contributed by atoms with Crippen LogP contribution in [0.15, 0.2) is 83.1 Å². The van der Waals surface area contributed by atoms with Gasteiger partial charge in [0.2, 0.25) is 0 Å². The van der Waals surface area contributed by atoms with Crippen LogP contribution in [0, 0.1) is 6.92 Å². The normalized spacial score (nSPS) is 11.7. The summed E-state index contributed by atoms with van der Waals surface area (Å²) in [6.45, 7) is 8.55. The first-order valence-corrected chi connectivity index (χ1v) is 12.9. The standard InChI is InChI=1S/C28H28ClN5OS/c1-19-5-9-21(10-6-19)26-32-33-27(34(26)24-15-13-23(29)14-16-24)36-18-25(35)31-30-17-20-7-11-22(12-8-20)28(2,3)4/h5-17H,18H2,1-4H3,(H,31,35). The van der Waals surface area contributed by atoms with Crippen LogP contribution >= 0.6 is 23.4 Å². The number of hydrogen-bond acceptors (Lipinski definition) is 5. The number of amides is 1. The van der Waals surface area contributed by atoms with Gasteiger partial charge in [-0.15, -0.1) is 10.2 Å². The fraction of sp³-hybridized carbons (Fsp3) is 0.214. The molecule has 3 aromatic carbocycles. The van der Waals surface area contributed by atoms with Crippen molar-refractivity contribution in [1.29, 1.82) is 0 Å². The van der Waals surface area contributed by atoms with Crippen molar-refractivity contribution in [3.8, 4) is 17.1 Å². The molecule has 0 aliphatic heterocycles. The molecule has 4 rings (SSSR count). The van der Waals surface area contributed by atoms with Crippen molar-refractivity contribution < 1.29 is 4.79 Å². The van der Waals surface area contributed by atoms with Crippen molar-refractivity contribution in [1.82, 2.24) is 20.2 Å². The molecule has 0 spiro atoms. The van der Waals surface area contributed by atoms with E-state index in [9.17, 15) is 4.79 Å². The lowest BCUT2D eigenvalue weighted by Gasteiger charge is -2.18. The highest BCUT2D eigenvalue weighted by Gasteiger charge is 2.17. The number of aryl methyl sites for hydroxylation is 1. The van der Waals surface area contributed by atoms with E-state index >= 15 is 0 Å². The second-order valence-corrected chi connectivity index (χ2v) is 10.8. The van der Waals surface area contributed by atoms with Crippen molar-refractivity contribution in [2.24, 2.45) is 5.10 Å². The molecule has 8 heteroatoms. The Bertz CT molecular complexity index is 1360. The minimum atomic E-state index is -0.231. The Morgan fingerprint density at radius 2 is 1.67 bits per heavy atom. The molecule has 0 saturated heterocycles. The summed E-state index contributed by atoms with van der Waals surface area (Å²) < 4.78 is 1.93. The molecule has 0 saturated carbocycles. The summed E-state index contributed by atoms with van der Waals surface area (Å²) in [6.07, 6.45) is 1.64. The molecular formula is C28H28ClN5OS. The number of carbonyl (C=O) groups excluding carboxylic acids is 1.